The molecule has 6 nitrogen and oxygen atoms in total. The lowest BCUT2D eigenvalue weighted by Gasteiger charge is -2.30. The number of ether oxygens (including phenoxy) is 2. The molecule has 1 amide bonds. The van der Waals surface area contributed by atoms with E-state index in [1.165, 1.54) is 0 Å². The highest BCUT2D eigenvalue weighted by Gasteiger charge is 2.49. The summed E-state index contributed by atoms with van der Waals surface area (Å²) in [6.45, 7) is 7.02. The van der Waals surface area contributed by atoms with Gasteiger partial charge >= 0.3 is 0 Å². The van der Waals surface area contributed by atoms with Crippen molar-refractivity contribution in [1.29, 1.82) is 0 Å². The van der Waals surface area contributed by atoms with Crippen molar-refractivity contribution in [3.05, 3.63) is 64.7 Å². The van der Waals surface area contributed by atoms with E-state index >= 15 is 0 Å². The number of carbonyl (C=O) groups excluding carboxylic acids is 2. The molecule has 1 heterocycles. The number of aryl methyl sites for hydroxylation is 1. The lowest BCUT2D eigenvalue weighted by molar-refractivity contribution is -0.141. The van der Waals surface area contributed by atoms with Crippen LogP contribution in [-0.2, 0) is 9.59 Å². The summed E-state index contributed by atoms with van der Waals surface area (Å²) in [6.07, 6.45) is 4.70. The highest BCUT2D eigenvalue weighted by atomic mass is 16.5. The van der Waals surface area contributed by atoms with Gasteiger partial charge in [-0.05, 0) is 74.6 Å². The first-order chi connectivity index (χ1) is 16.5. The van der Waals surface area contributed by atoms with Gasteiger partial charge in [-0.1, -0.05) is 31.9 Å². The summed E-state index contributed by atoms with van der Waals surface area (Å²) in [5, 5.41) is 11.3. The van der Waals surface area contributed by atoms with Gasteiger partial charge in [-0.15, -0.1) is 0 Å². The molecule has 1 atom stereocenters. The van der Waals surface area contributed by atoms with Gasteiger partial charge in [0.2, 0.25) is 0 Å². The molecule has 0 spiro atoms. The summed E-state index contributed by atoms with van der Waals surface area (Å²) in [5.74, 6) is 0.149. The first kappa shape index (κ1) is 23.9. The van der Waals surface area contributed by atoms with Gasteiger partial charge in [-0.25, -0.2) is 0 Å². The van der Waals surface area contributed by atoms with Crippen LogP contribution < -0.4 is 9.47 Å². The summed E-state index contributed by atoms with van der Waals surface area (Å²) in [5.41, 5.74) is 2.28. The average molecular weight is 464 g/mol. The van der Waals surface area contributed by atoms with Crippen LogP contribution in [0.4, 0.5) is 0 Å². The Morgan fingerprint density at radius 3 is 2.35 bits per heavy atom. The molecule has 0 bridgehead atoms. The van der Waals surface area contributed by atoms with Crippen molar-refractivity contribution in [2.45, 2.75) is 65.0 Å². The maximum absolute atomic E-state index is 13.3. The minimum absolute atomic E-state index is 0.00941. The summed E-state index contributed by atoms with van der Waals surface area (Å²) in [4.78, 5) is 28.2. The fourth-order valence-electron chi connectivity index (χ4n) is 4.97. The Morgan fingerprint density at radius 2 is 1.74 bits per heavy atom. The summed E-state index contributed by atoms with van der Waals surface area (Å²) < 4.78 is 11.3. The zero-order valence-corrected chi connectivity index (χ0v) is 20.2. The molecule has 4 rings (SSSR count). The predicted molar refractivity (Wildman–Crippen MR) is 131 cm³/mol. The van der Waals surface area contributed by atoms with Gasteiger partial charge in [-0.3, -0.25) is 9.59 Å². The van der Waals surface area contributed by atoms with Crippen LogP contribution in [0.15, 0.2) is 48.0 Å². The van der Waals surface area contributed by atoms with E-state index in [0.29, 0.717) is 18.8 Å². The molecule has 2 aromatic rings. The van der Waals surface area contributed by atoms with E-state index in [1.54, 1.807) is 23.1 Å². The fourth-order valence-corrected chi connectivity index (χ4v) is 4.97. The fraction of sp³-hybridized carbons (Fsp3) is 0.429. The minimum Gasteiger partial charge on any atom is -0.507 e. The summed E-state index contributed by atoms with van der Waals surface area (Å²) >= 11 is 0. The van der Waals surface area contributed by atoms with Crippen LogP contribution in [0.2, 0.25) is 0 Å². The van der Waals surface area contributed by atoms with Crippen molar-refractivity contribution in [1.82, 2.24) is 4.90 Å². The molecule has 2 aromatic carbocycles. The number of rotatable bonds is 8. The normalized spacial score (nSPS) is 20.2. The number of likely N-dealkylation sites (tertiary alicyclic amines) is 1. The maximum Gasteiger partial charge on any atom is 0.295 e. The van der Waals surface area contributed by atoms with Crippen molar-refractivity contribution in [3.8, 4) is 11.5 Å². The number of Topliss-reactive ketones (excluding diaryl/α,β-unsaturated/α-hetero) is 1. The van der Waals surface area contributed by atoms with Gasteiger partial charge in [0.1, 0.15) is 17.3 Å². The largest absolute Gasteiger partial charge is 0.507 e. The molecule has 180 valence electrons. The van der Waals surface area contributed by atoms with Crippen LogP contribution in [0.3, 0.4) is 0 Å². The van der Waals surface area contributed by atoms with Crippen LogP contribution in [0.1, 0.15) is 68.7 Å². The number of amides is 1. The Kier molecular flexibility index (Phi) is 7.25. The van der Waals surface area contributed by atoms with Gasteiger partial charge < -0.3 is 19.5 Å². The first-order valence-electron chi connectivity index (χ1n) is 12.2. The zero-order valence-electron chi connectivity index (χ0n) is 20.2. The molecule has 0 radical (unpaired) electrons. The second-order valence-corrected chi connectivity index (χ2v) is 8.98. The molecule has 34 heavy (non-hydrogen) atoms. The van der Waals surface area contributed by atoms with Gasteiger partial charge in [0.05, 0.1) is 24.8 Å². The van der Waals surface area contributed by atoms with Crippen LogP contribution in [0.25, 0.3) is 5.76 Å². The maximum atomic E-state index is 13.3. The second kappa shape index (κ2) is 10.3. The third-order valence-corrected chi connectivity index (χ3v) is 6.62. The minimum atomic E-state index is -0.632. The Bertz CT molecular complexity index is 1080. The summed E-state index contributed by atoms with van der Waals surface area (Å²) in [6, 6.07) is 12.2. The van der Waals surface area contributed by atoms with Crippen molar-refractivity contribution >= 4 is 17.4 Å². The number of aliphatic hydroxyl groups excluding tert-OH is 1. The number of aliphatic hydroxyl groups is 1. The van der Waals surface area contributed by atoms with E-state index in [-0.39, 0.29) is 17.4 Å². The molecule has 2 aliphatic rings. The number of benzene rings is 2. The van der Waals surface area contributed by atoms with Gasteiger partial charge in [0, 0.05) is 11.6 Å². The smallest absolute Gasteiger partial charge is 0.295 e. The molecule has 6 heteroatoms. The van der Waals surface area contributed by atoms with E-state index in [1.807, 2.05) is 45.0 Å². The molecule has 1 unspecified atom stereocenters. The molecule has 1 aliphatic heterocycles. The molecular weight excluding hydrogens is 430 g/mol. The lowest BCUT2D eigenvalue weighted by Crippen LogP contribution is -2.37. The third-order valence-electron chi connectivity index (χ3n) is 6.62. The molecule has 1 aliphatic carbocycles. The standard InChI is InChI=1S/C28H33NO5/c1-4-16-34-22-13-10-19(11-14-22)25-24(27(31)28(32)29(25)21-8-6-7-9-21)26(30)20-12-15-23(33-5-2)18(3)17-20/h10-15,17,21,25,30H,4-9,16H2,1-3H3/b26-24-. The topological polar surface area (TPSA) is 76.1 Å². The van der Waals surface area contributed by atoms with Crippen LogP contribution >= 0.6 is 0 Å². The highest BCUT2D eigenvalue weighted by molar-refractivity contribution is 6.46. The van der Waals surface area contributed by atoms with Crippen LogP contribution in [0.5, 0.6) is 11.5 Å². The predicted octanol–water partition coefficient (Wildman–Crippen LogP) is 5.55. The Morgan fingerprint density at radius 1 is 1.03 bits per heavy atom. The molecule has 1 saturated carbocycles. The quantitative estimate of drug-likeness (QED) is 0.316. The average Bonchev–Trinajstić information content (AvgIpc) is 3.46. The van der Waals surface area contributed by atoms with Gasteiger partial charge in [0.25, 0.3) is 11.7 Å². The van der Waals surface area contributed by atoms with E-state index in [4.69, 9.17) is 9.47 Å². The highest BCUT2D eigenvalue weighted by Crippen LogP contribution is 2.44. The second-order valence-electron chi connectivity index (χ2n) is 8.98. The number of ketones is 1. The van der Waals surface area contributed by atoms with Gasteiger partial charge in [0.15, 0.2) is 0 Å². The molecular formula is C28H33NO5. The van der Waals surface area contributed by atoms with Crippen LogP contribution in [-0.4, -0.2) is 41.0 Å². The third kappa shape index (κ3) is 4.54. The number of hydrogen-bond acceptors (Lipinski definition) is 5. The first-order valence-corrected chi connectivity index (χ1v) is 12.2. The van der Waals surface area contributed by atoms with Crippen molar-refractivity contribution < 1.29 is 24.2 Å². The Balaban J connectivity index is 1.79. The molecule has 2 fully saturated rings. The van der Waals surface area contributed by atoms with Crippen LogP contribution in [0, 0.1) is 6.92 Å². The Labute approximate surface area is 201 Å². The SMILES string of the molecule is CCCOc1ccc(C2/C(=C(/O)c3ccc(OCC)c(C)c3)C(=O)C(=O)N2C2CCCC2)cc1. The number of nitrogens with zero attached hydrogens (tertiary/aromatic N) is 1. The lowest BCUT2D eigenvalue weighted by atomic mass is 9.94. The number of carbonyl (C=O) groups is 2. The number of hydrogen-bond donors (Lipinski definition) is 1. The molecule has 1 saturated heterocycles. The van der Waals surface area contributed by atoms with Crippen molar-refractivity contribution in [3.63, 3.8) is 0 Å². The van der Waals surface area contributed by atoms with Crippen molar-refractivity contribution in [2.75, 3.05) is 13.2 Å². The zero-order chi connectivity index (χ0) is 24.2. The van der Waals surface area contributed by atoms with E-state index < -0.39 is 17.7 Å². The summed E-state index contributed by atoms with van der Waals surface area (Å²) in [7, 11) is 0. The van der Waals surface area contributed by atoms with E-state index in [0.717, 1.165) is 54.7 Å². The monoisotopic (exact) mass is 463 g/mol. The molecule has 1 N–H and O–H groups in total. The Hall–Kier alpha value is -3.28. The van der Waals surface area contributed by atoms with E-state index in [2.05, 4.69) is 0 Å². The van der Waals surface area contributed by atoms with E-state index in [9.17, 15) is 14.7 Å². The van der Waals surface area contributed by atoms with Gasteiger partial charge in [-0.2, -0.15) is 0 Å². The van der Waals surface area contributed by atoms with Crippen molar-refractivity contribution in [2.24, 2.45) is 0 Å². The molecule has 0 aromatic heterocycles.